The monoisotopic (exact) mass is 444 g/mol. The van der Waals surface area contributed by atoms with Crippen molar-refractivity contribution in [3.05, 3.63) is 40.1 Å². The molecule has 2 N–H and O–H groups in total. The summed E-state index contributed by atoms with van der Waals surface area (Å²) in [6, 6.07) is 4.83. The highest BCUT2D eigenvalue weighted by molar-refractivity contribution is 7.98. The number of aromatic nitrogens is 1. The lowest BCUT2D eigenvalue weighted by Gasteiger charge is -2.08. The maximum atomic E-state index is 12.2. The van der Waals surface area contributed by atoms with Gasteiger partial charge in [0.2, 0.25) is 15.9 Å². The van der Waals surface area contributed by atoms with E-state index in [1.54, 1.807) is 13.2 Å². The quantitative estimate of drug-likeness (QED) is 0.247. The first-order valence-electron chi connectivity index (χ1n) is 7.83. The van der Waals surface area contributed by atoms with Gasteiger partial charge in [0.25, 0.3) is 11.6 Å². The van der Waals surface area contributed by atoms with Crippen LogP contribution >= 0.6 is 11.8 Å². The molecule has 12 nitrogen and oxygen atoms in total. The normalized spacial score (nSPS) is 11.1. The molecule has 0 fully saturated rings. The summed E-state index contributed by atoms with van der Waals surface area (Å²) in [5.41, 5.74) is 0.166. The second-order valence-corrected chi connectivity index (χ2v) is 8.07. The molecule has 29 heavy (non-hydrogen) atoms. The lowest BCUT2D eigenvalue weighted by molar-refractivity contribution is -0.388. The van der Waals surface area contributed by atoms with Crippen molar-refractivity contribution in [3.8, 4) is 0 Å². The number of nitrogens with one attached hydrogen (secondary N) is 2. The number of aryl methyl sites for hydroxylation is 1. The van der Waals surface area contributed by atoms with Gasteiger partial charge < -0.3 is 9.26 Å². The predicted molar refractivity (Wildman–Crippen MR) is 101 cm³/mol. The van der Waals surface area contributed by atoms with Gasteiger partial charge in [0.1, 0.15) is 6.54 Å². The number of nitrogens with zero attached hydrogens (tertiary/aromatic N) is 2. The molecule has 0 aliphatic rings. The number of sulfonamides is 1. The molecule has 1 aromatic heterocycles. The van der Waals surface area contributed by atoms with Crippen molar-refractivity contribution in [3.63, 3.8) is 0 Å². The number of ether oxygens (including phenoxy) is 1. The van der Waals surface area contributed by atoms with Gasteiger partial charge in [-0.1, -0.05) is 5.16 Å². The molecule has 2 rings (SSSR count). The Morgan fingerprint density at radius 2 is 2.07 bits per heavy atom. The minimum atomic E-state index is -4.21. The smallest absolute Gasteiger partial charge is 0.321 e. The molecule has 0 aliphatic heterocycles. The Kier molecular flexibility index (Phi) is 7.30. The summed E-state index contributed by atoms with van der Waals surface area (Å²) in [5.74, 6) is -1.66. The molecule has 156 valence electrons. The summed E-state index contributed by atoms with van der Waals surface area (Å²) >= 11 is 1.09. The Bertz CT molecular complexity index is 1030. The second kappa shape index (κ2) is 9.49. The summed E-state index contributed by atoms with van der Waals surface area (Å²) < 4.78 is 35.9. The van der Waals surface area contributed by atoms with Crippen molar-refractivity contribution >= 4 is 45.2 Å². The number of benzene rings is 1. The molecule has 0 unspecified atom stereocenters. The van der Waals surface area contributed by atoms with Gasteiger partial charge in [0.05, 0.1) is 20.4 Å². The van der Waals surface area contributed by atoms with Crippen LogP contribution in [0.3, 0.4) is 0 Å². The van der Waals surface area contributed by atoms with E-state index in [2.05, 4.69) is 15.2 Å². The van der Waals surface area contributed by atoms with Crippen LogP contribution in [0, 0.1) is 17.0 Å². The van der Waals surface area contributed by atoms with E-state index in [1.165, 1.54) is 18.2 Å². The molecular weight excluding hydrogens is 428 g/mol. The van der Waals surface area contributed by atoms with Gasteiger partial charge in [-0.2, -0.15) is 4.72 Å². The first-order chi connectivity index (χ1) is 13.6. The highest BCUT2D eigenvalue weighted by atomic mass is 32.2. The number of rotatable bonds is 9. The molecule has 0 atom stereocenters. The summed E-state index contributed by atoms with van der Waals surface area (Å²) in [7, 11) is -4.21. The van der Waals surface area contributed by atoms with Gasteiger partial charge in [-0.25, -0.2) is 8.42 Å². The number of hydrogen-bond acceptors (Lipinski definition) is 10. The van der Waals surface area contributed by atoms with Crippen LogP contribution in [0.25, 0.3) is 0 Å². The van der Waals surface area contributed by atoms with Crippen molar-refractivity contribution in [1.29, 1.82) is 0 Å². The van der Waals surface area contributed by atoms with Gasteiger partial charge >= 0.3 is 5.97 Å². The van der Waals surface area contributed by atoms with E-state index in [4.69, 9.17) is 4.52 Å². The number of carbonyl (C=O) groups excluding carboxylic acids is 2. The Labute approximate surface area is 169 Å². The number of hydrogen-bond donors (Lipinski definition) is 2. The minimum absolute atomic E-state index is 0.0690. The van der Waals surface area contributed by atoms with Gasteiger partial charge in [-0.15, -0.1) is 11.8 Å². The molecule has 1 aromatic carbocycles. The minimum Gasteiger partial charge on any atom is -0.455 e. The maximum absolute atomic E-state index is 12.2. The topological polar surface area (TPSA) is 171 Å². The van der Waals surface area contributed by atoms with Gasteiger partial charge in [-0.3, -0.25) is 25.0 Å². The third-order valence-corrected chi connectivity index (χ3v) is 5.50. The van der Waals surface area contributed by atoms with E-state index in [0.717, 1.165) is 17.8 Å². The summed E-state index contributed by atoms with van der Waals surface area (Å²) in [6.45, 7) is 0.206. The largest absolute Gasteiger partial charge is 0.455 e. The number of thioether (sulfide) groups is 1. The lowest BCUT2D eigenvalue weighted by atomic mass is 10.3. The third kappa shape index (κ3) is 6.27. The Morgan fingerprint density at radius 1 is 1.34 bits per heavy atom. The van der Waals surface area contributed by atoms with Crippen LogP contribution in [0.5, 0.6) is 0 Å². The Hall–Kier alpha value is -2.97. The zero-order valence-corrected chi connectivity index (χ0v) is 16.8. The van der Waals surface area contributed by atoms with Crippen LogP contribution in [0.2, 0.25) is 0 Å². The number of nitro benzene ring substituents is 1. The number of carbonyl (C=O) groups is 2. The van der Waals surface area contributed by atoms with Crippen LogP contribution in [0.1, 0.15) is 5.69 Å². The Balaban J connectivity index is 1.91. The fourth-order valence-corrected chi connectivity index (χ4v) is 3.55. The molecule has 0 saturated heterocycles. The van der Waals surface area contributed by atoms with E-state index in [9.17, 15) is 28.1 Å². The third-order valence-electron chi connectivity index (χ3n) is 3.32. The van der Waals surface area contributed by atoms with Gasteiger partial charge in [0.15, 0.2) is 6.61 Å². The van der Waals surface area contributed by atoms with Crippen molar-refractivity contribution in [2.45, 2.75) is 16.7 Å². The molecule has 0 aliphatic carbocycles. The van der Waals surface area contributed by atoms with E-state index in [-0.39, 0.29) is 16.5 Å². The molecule has 1 heterocycles. The number of esters is 1. The van der Waals surface area contributed by atoms with Crippen molar-refractivity contribution in [2.75, 3.05) is 24.7 Å². The molecular formula is C15H16N4O8S2. The fraction of sp³-hybridized carbons (Fsp3) is 0.267. The highest BCUT2D eigenvalue weighted by Gasteiger charge is 2.22. The van der Waals surface area contributed by atoms with E-state index >= 15 is 0 Å². The average molecular weight is 444 g/mol. The molecule has 1 amide bonds. The zero-order valence-electron chi connectivity index (χ0n) is 15.2. The molecule has 0 bridgehead atoms. The number of amides is 1. The first kappa shape index (κ1) is 22.3. The molecule has 0 radical (unpaired) electrons. The van der Waals surface area contributed by atoms with Crippen molar-refractivity contribution in [2.24, 2.45) is 0 Å². The summed E-state index contributed by atoms with van der Waals surface area (Å²) in [4.78, 5) is 33.6. The molecule has 14 heteroatoms. The predicted octanol–water partition coefficient (Wildman–Crippen LogP) is 1.07. The molecule has 0 saturated carbocycles. The molecule has 2 aromatic rings. The second-order valence-electron chi connectivity index (χ2n) is 5.46. The molecule has 0 spiro atoms. The fourth-order valence-electron chi connectivity index (χ4n) is 2.01. The first-order valence-corrected chi connectivity index (χ1v) is 10.5. The van der Waals surface area contributed by atoms with Crippen molar-refractivity contribution in [1.82, 2.24) is 9.88 Å². The van der Waals surface area contributed by atoms with Crippen LogP contribution in [-0.4, -0.2) is 49.8 Å². The van der Waals surface area contributed by atoms with E-state index in [0.29, 0.717) is 10.6 Å². The summed E-state index contributed by atoms with van der Waals surface area (Å²) in [6.07, 6.45) is 1.62. The van der Waals surface area contributed by atoms with Gasteiger partial charge in [-0.05, 0) is 25.3 Å². The maximum Gasteiger partial charge on any atom is 0.321 e. The van der Waals surface area contributed by atoms with Crippen LogP contribution in [0.4, 0.5) is 11.6 Å². The number of anilines is 1. The summed E-state index contributed by atoms with van der Waals surface area (Å²) in [5, 5.41) is 16.9. The van der Waals surface area contributed by atoms with Crippen LogP contribution in [0.15, 0.2) is 38.6 Å². The lowest BCUT2D eigenvalue weighted by Crippen LogP contribution is -2.32. The highest BCUT2D eigenvalue weighted by Crippen LogP contribution is 2.29. The van der Waals surface area contributed by atoms with E-state index < -0.39 is 40.0 Å². The zero-order chi connectivity index (χ0) is 21.6. The SMILES string of the molecule is CSc1ccc(S(=O)(=O)NCC(=O)OCC(=O)Nc2cc(C)no2)cc1[N+](=O)[O-]. The number of nitro groups is 1. The average Bonchev–Trinajstić information content (AvgIpc) is 3.08. The van der Waals surface area contributed by atoms with Crippen molar-refractivity contribution < 1.29 is 32.2 Å². The Morgan fingerprint density at radius 3 is 2.66 bits per heavy atom. The standard InChI is InChI=1S/C15H16N4O8S2/c1-9-5-14(27-18-9)17-13(20)8-26-15(21)7-16-29(24,25)10-3-4-12(28-2)11(6-10)19(22)23/h3-6,16H,7-8H2,1-2H3,(H,17,20). The van der Waals surface area contributed by atoms with Crippen LogP contribution in [-0.2, 0) is 24.3 Å². The van der Waals surface area contributed by atoms with Gasteiger partial charge in [0, 0.05) is 12.1 Å². The van der Waals surface area contributed by atoms with Crippen LogP contribution < -0.4 is 10.0 Å². The van der Waals surface area contributed by atoms with E-state index in [1.807, 2.05) is 4.72 Å².